The van der Waals surface area contributed by atoms with Crippen LogP contribution in [0.1, 0.15) is 6.92 Å². The Labute approximate surface area is 57.2 Å². The quantitative estimate of drug-likeness (QED) is 0.463. The summed E-state index contributed by atoms with van der Waals surface area (Å²) in [5, 5.41) is 0. The van der Waals surface area contributed by atoms with Gasteiger partial charge in [-0.2, -0.15) is 0 Å². The number of carbonyl (C=O) groups excluding carboxylic acids is 1. The average Bonchev–Trinajstić information content (AvgIpc) is 1.65. The molecule has 0 aromatic carbocycles. The number of carbonyl (C=O) groups is 1. The van der Waals surface area contributed by atoms with Gasteiger partial charge in [0.1, 0.15) is 0 Å². The monoisotopic (exact) mass is 174 g/mol. The van der Waals surface area contributed by atoms with Gasteiger partial charge in [0, 0.05) is 4.48 Å². The molecule has 0 saturated heterocycles. The van der Waals surface area contributed by atoms with Gasteiger partial charge < -0.3 is 0 Å². The Balaban J connectivity index is 3.94. The second kappa shape index (κ2) is 3.61. The Bertz CT molecular complexity index is 135. The van der Waals surface area contributed by atoms with Crippen LogP contribution in [-0.4, -0.2) is 5.78 Å². The Morgan fingerprint density at radius 1 is 1.75 bits per heavy atom. The van der Waals surface area contributed by atoms with Crippen LogP contribution < -0.4 is 0 Å². The highest BCUT2D eigenvalue weighted by atomic mass is 79.9. The molecule has 0 radical (unpaired) electrons. The standard InChI is InChI=1S/C6H7BrO/c1-3-6(7)4-5(2)8/h3-4H,1H2,2H3/b6-4+. The van der Waals surface area contributed by atoms with Crippen molar-refractivity contribution in [3.63, 3.8) is 0 Å². The molecule has 0 spiro atoms. The van der Waals surface area contributed by atoms with Crippen LogP contribution in [0.4, 0.5) is 0 Å². The molecule has 0 heterocycles. The minimum atomic E-state index is 0.0248. The summed E-state index contributed by atoms with van der Waals surface area (Å²) < 4.78 is 0.727. The molecule has 0 amide bonds. The van der Waals surface area contributed by atoms with E-state index in [2.05, 4.69) is 22.5 Å². The molecule has 0 unspecified atom stereocenters. The fraction of sp³-hybridized carbons (Fsp3) is 0.167. The van der Waals surface area contributed by atoms with E-state index in [9.17, 15) is 4.79 Å². The summed E-state index contributed by atoms with van der Waals surface area (Å²) in [5.74, 6) is 0.0248. The molecule has 0 aromatic rings. The molecule has 0 fully saturated rings. The highest BCUT2D eigenvalue weighted by molar-refractivity contribution is 9.11. The van der Waals surface area contributed by atoms with Gasteiger partial charge in [0.25, 0.3) is 0 Å². The minimum absolute atomic E-state index is 0.0248. The van der Waals surface area contributed by atoms with E-state index in [4.69, 9.17) is 0 Å². The maximum Gasteiger partial charge on any atom is 0.153 e. The minimum Gasteiger partial charge on any atom is -0.295 e. The summed E-state index contributed by atoms with van der Waals surface area (Å²) in [6.45, 7) is 4.94. The molecule has 8 heavy (non-hydrogen) atoms. The zero-order chi connectivity index (χ0) is 6.57. The van der Waals surface area contributed by atoms with Crippen molar-refractivity contribution in [2.45, 2.75) is 6.92 Å². The fourth-order valence-electron chi connectivity index (χ4n) is 0.253. The van der Waals surface area contributed by atoms with Gasteiger partial charge in [0.2, 0.25) is 0 Å². The van der Waals surface area contributed by atoms with Gasteiger partial charge in [-0.1, -0.05) is 28.6 Å². The number of hydrogen-bond acceptors (Lipinski definition) is 1. The SMILES string of the molecule is C=C/C(Br)=C\C(C)=O. The number of halogens is 1. The van der Waals surface area contributed by atoms with Crippen LogP contribution >= 0.6 is 15.9 Å². The van der Waals surface area contributed by atoms with E-state index in [-0.39, 0.29) is 5.78 Å². The first-order chi connectivity index (χ1) is 3.66. The molecule has 44 valence electrons. The second-order valence-electron chi connectivity index (χ2n) is 1.34. The van der Waals surface area contributed by atoms with Crippen LogP contribution in [0.3, 0.4) is 0 Å². The van der Waals surface area contributed by atoms with Crippen molar-refractivity contribution in [2.75, 3.05) is 0 Å². The molecule has 0 aliphatic heterocycles. The lowest BCUT2D eigenvalue weighted by molar-refractivity contribution is -0.112. The smallest absolute Gasteiger partial charge is 0.153 e. The van der Waals surface area contributed by atoms with Crippen LogP contribution in [0.2, 0.25) is 0 Å². The van der Waals surface area contributed by atoms with Crippen LogP contribution in [0.15, 0.2) is 23.2 Å². The van der Waals surface area contributed by atoms with E-state index in [1.807, 2.05) is 0 Å². The van der Waals surface area contributed by atoms with Crippen LogP contribution in [0, 0.1) is 0 Å². The number of rotatable bonds is 2. The molecule has 0 rings (SSSR count). The molecule has 0 aliphatic rings. The number of hydrogen-bond donors (Lipinski definition) is 0. The molecular formula is C6H7BrO. The molecule has 2 heteroatoms. The summed E-state index contributed by atoms with van der Waals surface area (Å²) in [6.07, 6.45) is 3.04. The lowest BCUT2D eigenvalue weighted by atomic mass is 10.4. The van der Waals surface area contributed by atoms with Gasteiger partial charge in [-0.15, -0.1) is 0 Å². The molecular weight excluding hydrogens is 168 g/mol. The third-order valence-electron chi connectivity index (χ3n) is 0.536. The van der Waals surface area contributed by atoms with E-state index in [1.54, 1.807) is 6.08 Å². The predicted molar refractivity (Wildman–Crippen MR) is 37.9 cm³/mol. The van der Waals surface area contributed by atoms with Crippen LogP contribution in [-0.2, 0) is 4.79 Å². The Morgan fingerprint density at radius 2 is 2.25 bits per heavy atom. The Kier molecular flexibility index (Phi) is 3.44. The maximum atomic E-state index is 10.3. The second-order valence-corrected chi connectivity index (χ2v) is 2.26. The highest BCUT2D eigenvalue weighted by Gasteiger charge is 1.84. The van der Waals surface area contributed by atoms with Gasteiger partial charge in [-0.3, -0.25) is 4.79 Å². The molecule has 0 N–H and O–H groups in total. The zero-order valence-electron chi connectivity index (χ0n) is 4.65. The van der Waals surface area contributed by atoms with E-state index >= 15 is 0 Å². The first-order valence-electron chi connectivity index (χ1n) is 2.17. The first kappa shape index (κ1) is 7.63. The lowest BCUT2D eigenvalue weighted by Gasteiger charge is -1.81. The van der Waals surface area contributed by atoms with E-state index in [0.717, 1.165) is 4.48 Å². The van der Waals surface area contributed by atoms with E-state index in [0.29, 0.717) is 0 Å². The number of allylic oxidation sites excluding steroid dienone is 3. The van der Waals surface area contributed by atoms with Crippen molar-refractivity contribution >= 4 is 21.7 Å². The van der Waals surface area contributed by atoms with Gasteiger partial charge >= 0.3 is 0 Å². The zero-order valence-corrected chi connectivity index (χ0v) is 6.23. The summed E-state index contributed by atoms with van der Waals surface area (Å²) in [6, 6.07) is 0. The van der Waals surface area contributed by atoms with Gasteiger partial charge in [-0.25, -0.2) is 0 Å². The summed E-state index contributed by atoms with van der Waals surface area (Å²) in [4.78, 5) is 10.3. The summed E-state index contributed by atoms with van der Waals surface area (Å²) in [7, 11) is 0. The fourth-order valence-corrected chi connectivity index (χ4v) is 0.575. The molecule has 0 aliphatic carbocycles. The van der Waals surface area contributed by atoms with Crippen molar-refractivity contribution < 1.29 is 4.79 Å². The molecule has 0 aromatic heterocycles. The van der Waals surface area contributed by atoms with Crippen molar-refractivity contribution in [3.05, 3.63) is 23.2 Å². The molecule has 0 saturated carbocycles. The van der Waals surface area contributed by atoms with Crippen molar-refractivity contribution in [3.8, 4) is 0 Å². The topological polar surface area (TPSA) is 17.1 Å². The maximum absolute atomic E-state index is 10.3. The molecule has 0 atom stereocenters. The normalized spacial score (nSPS) is 11.0. The summed E-state index contributed by atoms with van der Waals surface area (Å²) in [5.41, 5.74) is 0. The Morgan fingerprint density at radius 3 is 2.38 bits per heavy atom. The largest absolute Gasteiger partial charge is 0.295 e. The average molecular weight is 175 g/mol. The third kappa shape index (κ3) is 3.81. The Hall–Kier alpha value is -0.370. The van der Waals surface area contributed by atoms with E-state index in [1.165, 1.54) is 13.0 Å². The van der Waals surface area contributed by atoms with Crippen molar-refractivity contribution in [1.29, 1.82) is 0 Å². The summed E-state index contributed by atoms with van der Waals surface area (Å²) >= 11 is 3.10. The third-order valence-corrected chi connectivity index (χ3v) is 1.09. The lowest BCUT2D eigenvalue weighted by Crippen LogP contribution is -1.79. The van der Waals surface area contributed by atoms with Crippen LogP contribution in [0.5, 0.6) is 0 Å². The van der Waals surface area contributed by atoms with Gasteiger partial charge in [0.05, 0.1) is 0 Å². The van der Waals surface area contributed by atoms with Crippen molar-refractivity contribution in [1.82, 2.24) is 0 Å². The number of ketones is 1. The van der Waals surface area contributed by atoms with Crippen molar-refractivity contribution in [2.24, 2.45) is 0 Å². The molecule has 0 bridgehead atoms. The predicted octanol–water partition coefficient (Wildman–Crippen LogP) is 2.04. The highest BCUT2D eigenvalue weighted by Crippen LogP contribution is 2.03. The molecule has 1 nitrogen and oxygen atoms in total. The van der Waals surface area contributed by atoms with E-state index < -0.39 is 0 Å². The first-order valence-corrected chi connectivity index (χ1v) is 2.96. The van der Waals surface area contributed by atoms with Gasteiger partial charge in [-0.05, 0) is 13.0 Å². The van der Waals surface area contributed by atoms with Gasteiger partial charge in [0.15, 0.2) is 5.78 Å². The van der Waals surface area contributed by atoms with Crippen LogP contribution in [0.25, 0.3) is 0 Å².